The molecule has 1 N–H and O–H groups in total. The number of rotatable bonds is 6. The minimum absolute atomic E-state index is 0.214. The Morgan fingerprint density at radius 3 is 2.50 bits per heavy atom. The number of nitrogens with one attached hydrogen (secondary N) is 1. The average Bonchev–Trinajstić information content (AvgIpc) is 2.88. The first-order chi connectivity index (χ1) is 10.3. The third-order valence-electron chi connectivity index (χ3n) is 3.45. The van der Waals surface area contributed by atoms with Crippen LogP contribution in [-0.2, 0) is 14.8 Å². The summed E-state index contributed by atoms with van der Waals surface area (Å²) in [5, 5.41) is 0. The standard InChI is InChI=1S/C16H21NO3S2/c1-11-5-6-12(2)16(9-11)22(18,19)17-10-14(20-4)15-8-7-13(3)21-15/h5-9,14,17H,10H2,1-4H3. The van der Waals surface area contributed by atoms with E-state index in [1.165, 1.54) is 4.88 Å². The number of ether oxygens (including phenoxy) is 1. The number of sulfonamides is 1. The molecule has 0 aliphatic carbocycles. The van der Waals surface area contributed by atoms with E-state index < -0.39 is 10.0 Å². The Balaban J connectivity index is 2.16. The number of hydrogen-bond donors (Lipinski definition) is 1. The van der Waals surface area contributed by atoms with Crippen molar-refractivity contribution in [1.82, 2.24) is 4.72 Å². The fraction of sp³-hybridized carbons (Fsp3) is 0.375. The molecule has 0 spiro atoms. The molecule has 1 heterocycles. The molecule has 2 rings (SSSR count). The Bertz CT molecular complexity index is 751. The summed E-state index contributed by atoms with van der Waals surface area (Å²) in [6.45, 7) is 5.91. The molecule has 4 nitrogen and oxygen atoms in total. The molecule has 1 atom stereocenters. The maximum atomic E-state index is 12.5. The highest BCUT2D eigenvalue weighted by atomic mass is 32.2. The van der Waals surface area contributed by atoms with Crippen LogP contribution in [0.5, 0.6) is 0 Å². The Labute approximate surface area is 136 Å². The van der Waals surface area contributed by atoms with Crippen LogP contribution in [0.25, 0.3) is 0 Å². The molecule has 0 saturated heterocycles. The molecule has 0 radical (unpaired) electrons. The van der Waals surface area contributed by atoms with E-state index in [4.69, 9.17) is 4.74 Å². The van der Waals surface area contributed by atoms with E-state index in [0.29, 0.717) is 4.90 Å². The Hall–Kier alpha value is -1.21. The molecular weight excluding hydrogens is 318 g/mol. The second kappa shape index (κ2) is 6.91. The summed E-state index contributed by atoms with van der Waals surface area (Å²) in [6, 6.07) is 9.39. The van der Waals surface area contributed by atoms with Crippen molar-refractivity contribution in [2.75, 3.05) is 13.7 Å². The summed E-state index contributed by atoms with van der Waals surface area (Å²) >= 11 is 1.61. The summed E-state index contributed by atoms with van der Waals surface area (Å²) in [7, 11) is -1.96. The van der Waals surface area contributed by atoms with Gasteiger partial charge in [-0.2, -0.15) is 0 Å². The fourth-order valence-corrected chi connectivity index (χ4v) is 4.50. The molecule has 1 aromatic carbocycles. The van der Waals surface area contributed by atoms with Crippen molar-refractivity contribution < 1.29 is 13.2 Å². The molecule has 22 heavy (non-hydrogen) atoms. The van der Waals surface area contributed by atoms with E-state index in [0.717, 1.165) is 16.0 Å². The minimum Gasteiger partial charge on any atom is -0.375 e. The van der Waals surface area contributed by atoms with Crippen molar-refractivity contribution >= 4 is 21.4 Å². The molecule has 0 bridgehead atoms. The summed E-state index contributed by atoms with van der Waals surface area (Å²) in [4.78, 5) is 2.52. The average molecular weight is 339 g/mol. The van der Waals surface area contributed by atoms with Crippen LogP contribution in [0.15, 0.2) is 35.2 Å². The molecule has 0 aliphatic heterocycles. The lowest BCUT2D eigenvalue weighted by molar-refractivity contribution is 0.110. The van der Waals surface area contributed by atoms with E-state index in [2.05, 4.69) is 4.72 Å². The molecule has 0 fully saturated rings. The zero-order valence-electron chi connectivity index (χ0n) is 13.2. The van der Waals surface area contributed by atoms with Gasteiger partial charge in [-0.05, 0) is 50.1 Å². The zero-order chi connectivity index (χ0) is 16.3. The van der Waals surface area contributed by atoms with Crippen LogP contribution >= 0.6 is 11.3 Å². The van der Waals surface area contributed by atoms with E-state index in [-0.39, 0.29) is 12.6 Å². The quantitative estimate of drug-likeness (QED) is 0.878. The number of benzene rings is 1. The lowest BCUT2D eigenvalue weighted by atomic mass is 10.2. The molecule has 0 aliphatic rings. The molecule has 6 heteroatoms. The maximum absolute atomic E-state index is 12.5. The highest BCUT2D eigenvalue weighted by Crippen LogP contribution is 2.25. The molecule has 1 unspecified atom stereocenters. The number of methoxy groups -OCH3 is 1. The third-order valence-corrected chi connectivity index (χ3v) is 6.11. The lowest BCUT2D eigenvalue weighted by Crippen LogP contribution is -2.29. The van der Waals surface area contributed by atoms with Crippen LogP contribution in [-0.4, -0.2) is 22.1 Å². The molecule has 0 amide bonds. The second-order valence-electron chi connectivity index (χ2n) is 5.29. The maximum Gasteiger partial charge on any atom is 0.240 e. The van der Waals surface area contributed by atoms with E-state index in [1.807, 2.05) is 38.1 Å². The highest BCUT2D eigenvalue weighted by molar-refractivity contribution is 7.89. The zero-order valence-corrected chi connectivity index (χ0v) is 14.8. The van der Waals surface area contributed by atoms with Crippen molar-refractivity contribution in [1.29, 1.82) is 0 Å². The SMILES string of the molecule is COC(CNS(=O)(=O)c1cc(C)ccc1C)c1ccc(C)s1. The van der Waals surface area contributed by atoms with E-state index in [1.54, 1.807) is 31.4 Å². The van der Waals surface area contributed by atoms with Gasteiger partial charge in [0.25, 0.3) is 0 Å². The van der Waals surface area contributed by atoms with Gasteiger partial charge in [0.2, 0.25) is 10.0 Å². The topological polar surface area (TPSA) is 55.4 Å². The Morgan fingerprint density at radius 2 is 1.91 bits per heavy atom. The Kier molecular flexibility index (Phi) is 5.39. The van der Waals surface area contributed by atoms with Crippen molar-refractivity contribution in [2.45, 2.75) is 31.8 Å². The van der Waals surface area contributed by atoms with Gasteiger partial charge >= 0.3 is 0 Å². The van der Waals surface area contributed by atoms with E-state index >= 15 is 0 Å². The van der Waals surface area contributed by atoms with Gasteiger partial charge in [-0.1, -0.05) is 12.1 Å². The summed E-state index contributed by atoms with van der Waals surface area (Å²) < 4.78 is 33.1. The fourth-order valence-electron chi connectivity index (χ4n) is 2.19. The van der Waals surface area contributed by atoms with Gasteiger partial charge in [0.15, 0.2) is 0 Å². The lowest BCUT2D eigenvalue weighted by Gasteiger charge is -2.16. The predicted octanol–water partition coefficient (Wildman–Crippen LogP) is 3.34. The van der Waals surface area contributed by atoms with Crippen LogP contribution in [0, 0.1) is 20.8 Å². The predicted molar refractivity (Wildman–Crippen MR) is 89.9 cm³/mol. The molecule has 1 aromatic heterocycles. The van der Waals surface area contributed by atoms with Gasteiger partial charge in [-0.3, -0.25) is 0 Å². The largest absolute Gasteiger partial charge is 0.375 e. The van der Waals surface area contributed by atoms with Crippen LogP contribution < -0.4 is 4.72 Å². The highest BCUT2D eigenvalue weighted by Gasteiger charge is 2.20. The number of aryl methyl sites for hydroxylation is 3. The summed E-state index contributed by atoms with van der Waals surface area (Å²) in [5.41, 5.74) is 1.65. The first-order valence-corrected chi connectivity index (χ1v) is 9.29. The third kappa shape index (κ3) is 3.95. The molecule has 120 valence electrons. The van der Waals surface area contributed by atoms with Gasteiger partial charge in [0, 0.05) is 23.4 Å². The van der Waals surface area contributed by atoms with Crippen LogP contribution in [0.3, 0.4) is 0 Å². The first kappa shape index (κ1) is 17.1. The van der Waals surface area contributed by atoms with Crippen molar-refractivity contribution in [3.8, 4) is 0 Å². The smallest absolute Gasteiger partial charge is 0.240 e. The number of hydrogen-bond acceptors (Lipinski definition) is 4. The first-order valence-electron chi connectivity index (χ1n) is 6.99. The second-order valence-corrected chi connectivity index (χ2v) is 8.35. The summed E-state index contributed by atoms with van der Waals surface area (Å²) in [6.07, 6.45) is -0.279. The Morgan fingerprint density at radius 1 is 1.18 bits per heavy atom. The molecular formula is C16H21NO3S2. The van der Waals surface area contributed by atoms with Crippen LogP contribution in [0.1, 0.15) is 27.0 Å². The summed E-state index contributed by atoms with van der Waals surface area (Å²) in [5.74, 6) is 0. The van der Waals surface area contributed by atoms with Gasteiger partial charge < -0.3 is 4.74 Å². The number of thiophene rings is 1. The minimum atomic E-state index is -3.55. The van der Waals surface area contributed by atoms with Gasteiger partial charge in [0.05, 0.1) is 4.90 Å². The van der Waals surface area contributed by atoms with Gasteiger partial charge in [-0.15, -0.1) is 11.3 Å². The molecule has 2 aromatic rings. The van der Waals surface area contributed by atoms with Crippen LogP contribution in [0.4, 0.5) is 0 Å². The van der Waals surface area contributed by atoms with Crippen molar-refractivity contribution in [2.24, 2.45) is 0 Å². The van der Waals surface area contributed by atoms with Crippen LogP contribution in [0.2, 0.25) is 0 Å². The van der Waals surface area contributed by atoms with Crippen molar-refractivity contribution in [3.05, 3.63) is 51.2 Å². The molecule has 0 saturated carbocycles. The van der Waals surface area contributed by atoms with E-state index in [9.17, 15) is 8.42 Å². The van der Waals surface area contributed by atoms with Gasteiger partial charge in [0.1, 0.15) is 6.10 Å². The van der Waals surface area contributed by atoms with Crippen molar-refractivity contribution in [3.63, 3.8) is 0 Å². The van der Waals surface area contributed by atoms with Gasteiger partial charge in [-0.25, -0.2) is 13.1 Å². The normalized spacial score (nSPS) is 13.3. The monoisotopic (exact) mass is 339 g/mol.